The van der Waals surface area contributed by atoms with Crippen LogP contribution in [-0.4, -0.2) is 238 Å². The second-order valence-electron chi connectivity index (χ2n) is 15.6. The van der Waals surface area contributed by atoms with Gasteiger partial charge in [0.25, 0.3) is 0 Å². The maximum Gasteiger partial charge on any atom is 0.0701 e. The van der Waals surface area contributed by atoms with Gasteiger partial charge in [0.15, 0.2) is 0 Å². The van der Waals surface area contributed by atoms with Gasteiger partial charge in [0.2, 0.25) is 0 Å². The van der Waals surface area contributed by atoms with Gasteiger partial charge in [-0.1, -0.05) is 13.3 Å². The first-order chi connectivity index (χ1) is 33.9. The Hall–Kier alpha value is -0.720. The zero-order valence-electron chi connectivity index (χ0n) is 43.3. The Bertz CT molecular complexity index is 789. The minimum Gasteiger partial charge on any atom is -0.385 e. The van der Waals surface area contributed by atoms with Crippen molar-refractivity contribution < 1.29 is 85.3 Å². The van der Waals surface area contributed by atoms with Gasteiger partial charge in [-0.25, -0.2) is 0 Å². The van der Waals surface area contributed by atoms with Crippen LogP contribution in [0.15, 0.2) is 0 Å². The van der Waals surface area contributed by atoms with E-state index in [0.29, 0.717) is 185 Å². The van der Waals surface area contributed by atoms with E-state index < -0.39 is 0 Å². The zero-order chi connectivity index (χ0) is 48.7. The van der Waals surface area contributed by atoms with Gasteiger partial charge in [-0.15, -0.1) is 0 Å². The molecule has 0 amide bonds. The molecule has 18 nitrogen and oxygen atoms in total. The molecule has 68 heavy (non-hydrogen) atoms. The lowest BCUT2D eigenvalue weighted by Gasteiger charge is -2.09. The zero-order valence-corrected chi connectivity index (χ0v) is 43.3. The summed E-state index contributed by atoms with van der Waals surface area (Å²) in [7, 11) is 1.70. The Labute approximate surface area is 413 Å². The first kappa shape index (κ1) is 67.3. The molecule has 18 heteroatoms. The van der Waals surface area contributed by atoms with E-state index in [-0.39, 0.29) is 0 Å². The molecule has 0 fully saturated rings. The minimum absolute atomic E-state index is 0.530. The highest BCUT2D eigenvalue weighted by Gasteiger charge is 2.00. The van der Waals surface area contributed by atoms with Crippen LogP contribution in [0.2, 0.25) is 0 Å². The van der Waals surface area contributed by atoms with Crippen molar-refractivity contribution in [1.82, 2.24) is 0 Å². The molecule has 0 N–H and O–H groups in total. The molecule has 0 bridgehead atoms. The summed E-state index contributed by atoms with van der Waals surface area (Å²) in [6.07, 6.45) is 12.1. The summed E-state index contributed by atoms with van der Waals surface area (Å²) >= 11 is 0. The Kier molecular flexibility index (Phi) is 65.6. The van der Waals surface area contributed by atoms with Crippen LogP contribution in [0.25, 0.3) is 0 Å². The maximum absolute atomic E-state index is 5.69. The van der Waals surface area contributed by atoms with Crippen LogP contribution in [0.1, 0.15) is 90.4 Å². The fraction of sp³-hybridized carbons (Fsp3) is 1.00. The number of unbranched alkanes of at least 4 members (excludes halogenated alkanes) is 1. The summed E-state index contributed by atoms with van der Waals surface area (Å²) in [5, 5.41) is 0. The molecule has 0 aromatic heterocycles. The topological polar surface area (TPSA) is 166 Å². The van der Waals surface area contributed by atoms with Crippen molar-refractivity contribution in [2.24, 2.45) is 0 Å². The number of hydrogen-bond acceptors (Lipinski definition) is 18. The van der Waals surface area contributed by atoms with Gasteiger partial charge >= 0.3 is 0 Å². The molecule has 0 aromatic rings. The molecule has 0 spiro atoms. The normalized spacial score (nSPS) is 11.7. The van der Waals surface area contributed by atoms with Crippen LogP contribution in [0.3, 0.4) is 0 Å². The number of methoxy groups -OCH3 is 1. The monoisotopic (exact) mass is 991 g/mol. The van der Waals surface area contributed by atoms with E-state index in [1.54, 1.807) is 7.11 Å². The molecule has 0 atom stereocenters. The van der Waals surface area contributed by atoms with Gasteiger partial charge in [0.1, 0.15) is 0 Å². The van der Waals surface area contributed by atoms with Crippen molar-refractivity contribution in [3.8, 4) is 0 Å². The second kappa shape index (κ2) is 66.3. The molecule has 0 rings (SSSR count). The van der Waals surface area contributed by atoms with Crippen molar-refractivity contribution in [3.05, 3.63) is 0 Å². The third-order valence-electron chi connectivity index (χ3n) is 9.28. The first-order valence-electron chi connectivity index (χ1n) is 26.2. The standard InChI is InChI=1S/C50H102O18/c1-3-4-17-62-39-41-64-43-45-66-47-49-68-50-48-67-46-44-65-42-40-63-38-15-37-61-36-14-35-60-34-13-33-59-32-12-31-58-30-11-29-57-28-10-27-56-26-9-25-55-24-8-23-54-22-7-21-53-20-6-19-52-18-5-16-51-2/h3-50H2,1-2H3. The first-order valence-corrected chi connectivity index (χ1v) is 26.2. The predicted octanol–water partition coefficient (Wildman–Crippen LogP) is 6.01. The fourth-order valence-corrected chi connectivity index (χ4v) is 5.62. The lowest BCUT2D eigenvalue weighted by atomic mass is 10.4. The third-order valence-corrected chi connectivity index (χ3v) is 9.28. The average Bonchev–Trinajstić information content (AvgIpc) is 3.35. The highest BCUT2D eigenvalue weighted by Crippen LogP contribution is 1.97. The summed E-state index contributed by atoms with van der Waals surface area (Å²) in [6, 6.07) is 0. The van der Waals surface area contributed by atoms with Crippen molar-refractivity contribution in [2.45, 2.75) is 90.4 Å². The summed E-state index contributed by atoms with van der Waals surface area (Å²) in [5.41, 5.74) is 0. The summed E-state index contributed by atoms with van der Waals surface area (Å²) in [4.78, 5) is 0. The lowest BCUT2D eigenvalue weighted by Crippen LogP contribution is -2.14. The Morgan fingerprint density at radius 1 is 0.147 bits per heavy atom. The quantitative estimate of drug-likeness (QED) is 0.0650. The highest BCUT2D eigenvalue weighted by molar-refractivity contribution is 4.45. The van der Waals surface area contributed by atoms with Gasteiger partial charge < -0.3 is 85.3 Å². The smallest absolute Gasteiger partial charge is 0.0701 e. The molecule has 0 heterocycles. The summed E-state index contributed by atoms with van der Waals surface area (Å²) in [5.74, 6) is 0. The van der Waals surface area contributed by atoms with E-state index in [1.807, 2.05) is 0 Å². The molecule has 0 radical (unpaired) electrons. The van der Waals surface area contributed by atoms with Gasteiger partial charge in [-0.2, -0.15) is 0 Å². The van der Waals surface area contributed by atoms with Gasteiger partial charge in [0, 0.05) is 159 Å². The number of ether oxygens (including phenoxy) is 18. The largest absolute Gasteiger partial charge is 0.385 e. The van der Waals surface area contributed by atoms with Crippen LogP contribution < -0.4 is 0 Å². The SMILES string of the molecule is CCCCOCCOCCOCCOCCOCCOCCOCCCOCCCOCCCOCCCOCCCOCCCOCCCOCCCOCCCOCCCOCCCOC. The maximum atomic E-state index is 5.69. The highest BCUT2D eigenvalue weighted by atomic mass is 16.6. The van der Waals surface area contributed by atoms with Crippen LogP contribution in [0, 0.1) is 0 Å². The van der Waals surface area contributed by atoms with E-state index >= 15 is 0 Å². The fourth-order valence-electron chi connectivity index (χ4n) is 5.62. The Morgan fingerprint density at radius 2 is 0.265 bits per heavy atom. The summed E-state index contributed by atoms with van der Waals surface area (Å²) < 4.78 is 100. The molecule has 0 saturated carbocycles. The van der Waals surface area contributed by atoms with E-state index in [4.69, 9.17) is 85.3 Å². The molecule has 410 valence electrons. The predicted molar refractivity (Wildman–Crippen MR) is 261 cm³/mol. The Balaban J connectivity index is 3.07. The average molecular weight is 991 g/mol. The number of hydrogen-bond donors (Lipinski definition) is 0. The van der Waals surface area contributed by atoms with Crippen LogP contribution in [-0.2, 0) is 85.3 Å². The van der Waals surface area contributed by atoms with Gasteiger partial charge in [-0.05, 0) is 77.0 Å². The number of rotatable bonds is 65. The molecule has 0 aliphatic heterocycles. The molecule has 0 aromatic carbocycles. The van der Waals surface area contributed by atoms with E-state index in [2.05, 4.69) is 6.92 Å². The minimum atomic E-state index is 0.530. The van der Waals surface area contributed by atoms with Gasteiger partial charge in [-0.3, -0.25) is 0 Å². The molecule has 0 unspecified atom stereocenters. The molecular weight excluding hydrogens is 889 g/mol. The van der Waals surface area contributed by atoms with Crippen LogP contribution in [0.5, 0.6) is 0 Å². The molecule has 0 saturated heterocycles. The third kappa shape index (κ3) is 65.3. The van der Waals surface area contributed by atoms with Gasteiger partial charge in [0.05, 0.1) is 79.3 Å². The van der Waals surface area contributed by atoms with E-state index in [1.165, 1.54) is 0 Å². The van der Waals surface area contributed by atoms with Crippen molar-refractivity contribution >= 4 is 0 Å². The van der Waals surface area contributed by atoms with E-state index in [0.717, 1.165) is 130 Å². The van der Waals surface area contributed by atoms with E-state index in [9.17, 15) is 0 Å². The van der Waals surface area contributed by atoms with Crippen molar-refractivity contribution in [2.75, 3.05) is 238 Å². The molecular formula is C50H102O18. The van der Waals surface area contributed by atoms with Crippen LogP contribution in [0.4, 0.5) is 0 Å². The molecule has 0 aliphatic rings. The molecule has 0 aliphatic carbocycles. The lowest BCUT2D eigenvalue weighted by molar-refractivity contribution is -0.0211. The van der Waals surface area contributed by atoms with Crippen molar-refractivity contribution in [1.29, 1.82) is 0 Å². The second-order valence-corrected chi connectivity index (χ2v) is 15.6. The Morgan fingerprint density at radius 3 is 0.412 bits per heavy atom. The summed E-state index contributed by atoms with van der Waals surface area (Å²) in [6.45, 7) is 25.2. The van der Waals surface area contributed by atoms with Crippen LogP contribution >= 0.6 is 0 Å². The van der Waals surface area contributed by atoms with Crippen molar-refractivity contribution in [3.63, 3.8) is 0 Å².